The third-order valence-electron chi connectivity index (χ3n) is 1.94. The van der Waals surface area contributed by atoms with Crippen LogP contribution in [0.5, 0.6) is 0 Å². The van der Waals surface area contributed by atoms with E-state index in [4.69, 9.17) is 4.74 Å². The first-order valence-electron chi connectivity index (χ1n) is 4.34. The summed E-state index contributed by atoms with van der Waals surface area (Å²) in [6.45, 7) is 3.55. The van der Waals surface area contributed by atoms with E-state index in [9.17, 15) is 8.78 Å². The average Bonchev–Trinajstić information content (AvgIpc) is 2.18. The topological polar surface area (TPSA) is 9.23 Å². The third-order valence-corrected chi connectivity index (χ3v) is 2.55. The van der Waals surface area contributed by atoms with Gasteiger partial charge in [-0.1, -0.05) is 0 Å². The Morgan fingerprint density at radius 3 is 2.27 bits per heavy atom. The van der Waals surface area contributed by atoms with Gasteiger partial charge in [0.25, 0.3) is 0 Å². The van der Waals surface area contributed by atoms with Crippen LogP contribution >= 0.6 is 15.9 Å². The summed E-state index contributed by atoms with van der Waals surface area (Å²) in [4.78, 5) is 0. The monoisotopic (exact) mass is 276 g/mol. The number of methoxy groups -OCH3 is 1. The molecule has 15 heavy (non-hydrogen) atoms. The van der Waals surface area contributed by atoms with Gasteiger partial charge in [-0.05, 0) is 47.5 Å². The van der Waals surface area contributed by atoms with Crippen LogP contribution in [0.2, 0.25) is 0 Å². The van der Waals surface area contributed by atoms with Gasteiger partial charge < -0.3 is 4.74 Å². The van der Waals surface area contributed by atoms with E-state index < -0.39 is 11.6 Å². The molecule has 0 saturated heterocycles. The summed E-state index contributed by atoms with van der Waals surface area (Å²) in [5.41, 5.74) is 0.927. The minimum absolute atomic E-state index is 0.105. The summed E-state index contributed by atoms with van der Waals surface area (Å²) in [7, 11) is 1.43. The Hall–Kier alpha value is -0.900. The molecule has 0 aliphatic heterocycles. The predicted octanol–water partition coefficient (Wildman–Crippen LogP) is 4.12. The highest BCUT2D eigenvalue weighted by Crippen LogP contribution is 2.27. The van der Waals surface area contributed by atoms with E-state index in [1.54, 1.807) is 13.8 Å². The van der Waals surface area contributed by atoms with Crippen molar-refractivity contribution in [3.8, 4) is 0 Å². The lowest BCUT2D eigenvalue weighted by Crippen LogP contribution is -1.98. The van der Waals surface area contributed by atoms with E-state index in [0.717, 1.165) is 5.57 Å². The molecule has 0 aliphatic rings. The summed E-state index contributed by atoms with van der Waals surface area (Å²) in [6, 6.07) is 2.93. The lowest BCUT2D eigenvalue weighted by atomic mass is 10.1. The summed E-state index contributed by atoms with van der Waals surface area (Å²) in [5, 5.41) is 0. The highest BCUT2D eigenvalue weighted by molar-refractivity contribution is 9.10. The van der Waals surface area contributed by atoms with Crippen LogP contribution in [0.4, 0.5) is 8.78 Å². The number of allylic oxidation sites excluding steroid dienone is 1. The van der Waals surface area contributed by atoms with Gasteiger partial charge in [0.15, 0.2) is 11.6 Å². The molecule has 0 bridgehead atoms. The number of ether oxygens (including phenoxy) is 1. The van der Waals surface area contributed by atoms with Gasteiger partial charge in [-0.2, -0.15) is 0 Å². The highest BCUT2D eigenvalue weighted by Gasteiger charge is 2.16. The Morgan fingerprint density at radius 1 is 1.20 bits per heavy atom. The molecule has 0 spiro atoms. The fraction of sp³-hybridized carbons (Fsp3) is 0.273. The lowest BCUT2D eigenvalue weighted by molar-refractivity contribution is 0.362. The summed E-state index contributed by atoms with van der Waals surface area (Å²) in [6.07, 6.45) is 0. The maximum atomic E-state index is 13.5. The molecule has 0 fully saturated rings. The number of hydrogen-bond donors (Lipinski definition) is 0. The van der Waals surface area contributed by atoms with Crippen molar-refractivity contribution >= 4 is 21.7 Å². The third kappa shape index (κ3) is 2.37. The van der Waals surface area contributed by atoms with Gasteiger partial charge >= 0.3 is 0 Å². The highest BCUT2D eigenvalue weighted by atomic mass is 79.9. The molecule has 0 aliphatic carbocycles. The second-order valence-corrected chi connectivity index (χ2v) is 4.11. The molecule has 0 aromatic heterocycles. The fourth-order valence-electron chi connectivity index (χ4n) is 1.28. The number of benzene rings is 1. The molecule has 0 saturated carbocycles. The molecule has 0 unspecified atom stereocenters. The Kier molecular flexibility index (Phi) is 3.85. The normalized spacial score (nSPS) is 10.0. The standard InChI is InChI=1S/C11H11BrF2O/c1-6(2)11(15-3)7-4-5-8(12)10(14)9(7)13/h4-5H,1-3H3. The van der Waals surface area contributed by atoms with Gasteiger partial charge in [0, 0.05) is 0 Å². The number of rotatable bonds is 2. The summed E-state index contributed by atoms with van der Waals surface area (Å²) >= 11 is 2.92. The van der Waals surface area contributed by atoms with Crippen LogP contribution in [0.3, 0.4) is 0 Å². The quantitative estimate of drug-likeness (QED) is 0.583. The molecular weight excluding hydrogens is 266 g/mol. The Labute approximate surface area is 95.9 Å². The minimum Gasteiger partial charge on any atom is -0.496 e. The van der Waals surface area contributed by atoms with Crippen molar-refractivity contribution in [1.82, 2.24) is 0 Å². The molecule has 82 valence electrons. The zero-order valence-electron chi connectivity index (χ0n) is 8.70. The van der Waals surface area contributed by atoms with Gasteiger partial charge in [0.05, 0.1) is 17.1 Å². The molecule has 0 atom stereocenters. The second kappa shape index (κ2) is 4.75. The van der Waals surface area contributed by atoms with E-state index in [2.05, 4.69) is 15.9 Å². The van der Waals surface area contributed by atoms with Crippen molar-refractivity contribution in [2.24, 2.45) is 0 Å². The van der Waals surface area contributed by atoms with Crippen LogP contribution in [-0.2, 0) is 4.74 Å². The summed E-state index contributed by atoms with van der Waals surface area (Å²) in [5.74, 6) is -1.44. The van der Waals surface area contributed by atoms with Crippen LogP contribution in [0.25, 0.3) is 5.76 Å². The molecule has 1 aromatic carbocycles. The Balaban J connectivity index is 3.40. The zero-order chi connectivity index (χ0) is 11.6. The van der Waals surface area contributed by atoms with Crippen molar-refractivity contribution in [2.45, 2.75) is 13.8 Å². The van der Waals surface area contributed by atoms with Crippen molar-refractivity contribution < 1.29 is 13.5 Å². The Morgan fingerprint density at radius 2 is 1.80 bits per heavy atom. The molecule has 0 amide bonds. The van der Waals surface area contributed by atoms with Gasteiger partial charge in [-0.25, -0.2) is 8.78 Å². The van der Waals surface area contributed by atoms with Crippen LogP contribution in [0, 0.1) is 11.6 Å². The smallest absolute Gasteiger partial charge is 0.173 e. The van der Waals surface area contributed by atoms with E-state index in [1.807, 2.05) is 0 Å². The first kappa shape index (κ1) is 12.2. The number of halogens is 3. The van der Waals surface area contributed by atoms with Crippen molar-refractivity contribution in [2.75, 3.05) is 7.11 Å². The Bertz CT molecular complexity index is 409. The first-order chi connectivity index (χ1) is 6.99. The van der Waals surface area contributed by atoms with Gasteiger partial charge in [-0.3, -0.25) is 0 Å². The molecule has 4 heteroatoms. The number of hydrogen-bond acceptors (Lipinski definition) is 1. The van der Waals surface area contributed by atoms with Crippen LogP contribution in [-0.4, -0.2) is 7.11 Å². The average molecular weight is 277 g/mol. The van der Waals surface area contributed by atoms with Gasteiger partial charge in [0.2, 0.25) is 0 Å². The van der Waals surface area contributed by atoms with Gasteiger partial charge in [-0.15, -0.1) is 0 Å². The van der Waals surface area contributed by atoms with Gasteiger partial charge in [0.1, 0.15) is 5.76 Å². The molecule has 1 nitrogen and oxygen atoms in total. The largest absolute Gasteiger partial charge is 0.496 e. The zero-order valence-corrected chi connectivity index (χ0v) is 10.3. The van der Waals surface area contributed by atoms with E-state index in [1.165, 1.54) is 19.2 Å². The maximum absolute atomic E-state index is 13.5. The molecular formula is C11H11BrF2O. The lowest BCUT2D eigenvalue weighted by Gasteiger charge is -2.10. The molecule has 1 aromatic rings. The van der Waals surface area contributed by atoms with Crippen LogP contribution < -0.4 is 0 Å². The molecule has 0 heterocycles. The van der Waals surface area contributed by atoms with E-state index in [-0.39, 0.29) is 10.0 Å². The van der Waals surface area contributed by atoms with E-state index >= 15 is 0 Å². The van der Waals surface area contributed by atoms with E-state index in [0.29, 0.717) is 5.76 Å². The van der Waals surface area contributed by atoms with Crippen molar-refractivity contribution in [3.05, 3.63) is 39.4 Å². The fourth-order valence-corrected chi connectivity index (χ4v) is 1.59. The van der Waals surface area contributed by atoms with Crippen LogP contribution in [0.1, 0.15) is 19.4 Å². The maximum Gasteiger partial charge on any atom is 0.173 e. The second-order valence-electron chi connectivity index (χ2n) is 3.26. The van der Waals surface area contributed by atoms with Crippen LogP contribution in [0.15, 0.2) is 22.2 Å². The summed E-state index contributed by atoms with van der Waals surface area (Å²) < 4.78 is 31.9. The molecule has 1 rings (SSSR count). The molecule has 0 radical (unpaired) electrons. The first-order valence-corrected chi connectivity index (χ1v) is 5.13. The molecule has 0 N–H and O–H groups in total. The van der Waals surface area contributed by atoms with Crippen molar-refractivity contribution in [1.29, 1.82) is 0 Å². The SMILES string of the molecule is COC(=C(C)C)c1ccc(Br)c(F)c1F. The minimum atomic E-state index is -0.901. The van der Waals surface area contributed by atoms with Crippen molar-refractivity contribution in [3.63, 3.8) is 0 Å². The predicted molar refractivity (Wildman–Crippen MR) is 59.3 cm³/mol.